The van der Waals surface area contributed by atoms with E-state index in [-0.39, 0.29) is 5.82 Å². The molecule has 0 aliphatic rings. The molecule has 104 valence electrons. The lowest BCUT2D eigenvalue weighted by atomic mass is 10.3. The molecule has 21 heavy (non-hydrogen) atoms. The monoisotopic (exact) mass is 300 g/mol. The SMILES string of the molecule is N#Cc1c[nH]c(-c2nc(CSc3cccc(F)c3)no2)c1. The van der Waals surface area contributed by atoms with Gasteiger partial charge in [0.25, 0.3) is 5.89 Å². The summed E-state index contributed by atoms with van der Waals surface area (Å²) in [6.45, 7) is 0. The third kappa shape index (κ3) is 3.12. The first-order valence-corrected chi connectivity index (χ1v) is 7.03. The number of rotatable bonds is 4. The Morgan fingerprint density at radius 3 is 3.05 bits per heavy atom. The summed E-state index contributed by atoms with van der Waals surface area (Å²) in [7, 11) is 0. The number of aromatic nitrogens is 3. The minimum Gasteiger partial charge on any atom is -0.356 e. The van der Waals surface area contributed by atoms with Crippen LogP contribution in [0.1, 0.15) is 11.4 Å². The van der Waals surface area contributed by atoms with Crippen molar-refractivity contribution in [3.63, 3.8) is 0 Å². The second-order valence-electron chi connectivity index (χ2n) is 4.18. The summed E-state index contributed by atoms with van der Waals surface area (Å²) in [4.78, 5) is 7.92. The van der Waals surface area contributed by atoms with Crippen molar-refractivity contribution in [2.75, 3.05) is 0 Å². The smallest absolute Gasteiger partial charge is 0.274 e. The molecular formula is C14H9FN4OS. The lowest BCUT2D eigenvalue weighted by molar-refractivity contribution is 0.424. The second kappa shape index (κ2) is 5.81. The number of hydrogen-bond acceptors (Lipinski definition) is 5. The van der Waals surface area contributed by atoms with Gasteiger partial charge >= 0.3 is 0 Å². The predicted molar refractivity (Wildman–Crippen MR) is 74.8 cm³/mol. The van der Waals surface area contributed by atoms with E-state index in [9.17, 15) is 4.39 Å². The fourth-order valence-corrected chi connectivity index (χ4v) is 2.49. The molecule has 3 rings (SSSR count). The molecule has 5 nitrogen and oxygen atoms in total. The van der Waals surface area contributed by atoms with Crippen LogP contribution in [0.25, 0.3) is 11.6 Å². The minimum atomic E-state index is -0.274. The van der Waals surface area contributed by atoms with Crippen LogP contribution in [-0.4, -0.2) is 15.1 Å². The third-order valence-corrected chi connectivity index (χ3v) is 3.66. The summed E-state index contributed by atoms with van der Waals surface area (Å²) in [5.41, 5.74) is 1.10. The average Bonchev–Trinajstić information content (AvgIpc) is 3.14. The molecule has 3 aromatic rings. The van der Waals surface area contributed by atoms with Gasteiger partial charge in [0, 0.05) is 11.1 Å². The average molecular weight is 300 g/mol. The van der Waals surface area contributed by atoms with E-state index in [2.05, 4.69) is 15.1 Å². The lowest BCUT2D eigenvalue weighted by Crippen LogP contribution is -1.84. The Hall–Kier alpha value is -2.59. The molecule has 0 radical (unpaired) electrons. The number of hydrogen-bond donors (Lipinski definition) is 1. The molecule has 0 aliphatic carbocycles. The molecule has 7 heteroatoms. The molecule has 0 fully saturated rings. The first-order chi connectivity index (χ1) is 10.2. The van der Waals surface area contributed by atoms with Crippen molar-refractivity contribution >= 4 is 11.8 Å². The van der Waals surface area contributed by atoms with E-state index >= 15 is 0 Å². The Balaban J connectivity index is 1.69. The van der Waals surface area contributed by atoms with Crippen molar-refractivity contribution in [1.82, 2.24) is 15.1 Å². The number of thioether (sulfide) groups is 1. The Morgan fingerprint density at radius 1 is 1.38 bits per heavy atom. The van der Waals surface area contributed by atoms with Gasteiger partial charge in [-0.25, -0.2) is 4.39 Å². The van der Waals surface area contributed by atoms with E-state index in [1.54, 1.807) is 18.3 Å². The summed E-state index contributed by atoms with van der Waals surface area (Å²) >= 11 is 1.42. The molecule has 0 bridgehead atoms. The molecule has 0 atom stereocenters. The first kappa shape index (κ1) is 13.4. The number of H-pyrrole nitrogens is 1. The van der Waals surface area contributed by atoms with Crippen LogP contribution in [0, 0.1) is 17.1 Å². The van der Waals surface area contributed by atoms with Crippen LogP contribution in [0.15, 0.2) is 45.9 Å². The van der Waals surface area contributed by atoms with Crippen molar-refractivity contribution < 1.29 is 8.91 Å². The summed E-state index contributed by atoms with van der Waals surface area (Å²) < 4.78 is 18.2. The van der Waals surface area contributed by atoms with Crippen LogP contribution >= 0.6 is 11.8 Å². The number of aromatic amines is 1. The zero-order valence-electron chi connectivity index (χ0n) is 10.7. The first-order valence-electron chi connectivity index (χ1n) is 6.04. The number of nitrogens with one attached hydrogen (secondary N) is 1. The Labute approximate surface area is 123 Å². The van der Waals surface area contributed by atoms with Gasteiger partial charge in [-0.3, -0.25) is 0 Å². The van der Waals surface area contributed by atoms with E-state index in [1.165, 1.54) is 23.9 Å². The highest BCUT2D eigenvalue weighted by atomic mass is 32.2. The number of halogens is 1. The molecule has 2 heterocycles. The predicted octanol–water partition coefficient (Wildman–Crippen LogP) is 3.37. The van der Waals surface area contributed by atoms with Gasteiger partial charge in [-0.15, -0.1) is 11.8 Å². The van der Waals surface area contributed by atoms with Gasteiger partial charge in [0.2, 0.25) is 0 Å². The molecule has 2 aromatic heterocycles. The van der Waals surface area contributed by atoms with Gasteiger partial charge in [0.1, 0.15) is 17.6 Å². The molecular weight excluding hydrogens is 291 g/mol. The fraction of sp³-hybridized carbons (Fsp3) is 0.0714. The van der Waals surface area contributed by atoms with Gasteiger partial charge in [0.05, 0.1) is 11.3 Å². The second-order valence-corrected chi connectivity index (χ2v) is 5.22. The molecule has 0 spiro atoms. The third-order valence-electron chi connectivity index (χ3n) is 2.67. The van der Waals surface area contributed by atoms with Crippen molar-refractivity contribution in [1.29, 1.82) is 5.26 Å². The quantitative estimate of drug-likeness (QED) is 0.747. The van der Waals surface area contributed by atoms with E-state index < -0.39 is 0 Å². The highest BCUT2D eigenvalue weighted by Crippen LogP contribution is 2.23. The number of nitriles is 1. The van der Waals surface area contributed by atoms with Gasteiger partial charge in [-0.05, 0) is 24.3 Å². The summed E-state index contributed by atoms with van der Waals surface area (Å²) in [5, 5.41) is 12.6. The molecule has 0 amide bonds. The topological polar surface area (TPSA) is 78.5 Å². The highest BCUT2D eigenvalue weighted by molar-refractivity contribution is 7.98. The Bertz CT molecular complexity index is 805. The maximum absolute atomic E-state index is 13.1. The van der Waals surface area contributed by atoms with Crippen LogP contribution in [0.4, 0.5) is 4.39 Å². The molecule has 0 unspecified atom stereocenters. The van der Waals surface area contributed by atoms with Crippen LogP contribution < -0.4 is 0 Å². The van der Waals surface area contributed by atoms with E-state index in [4.69, 9.17) is 9.78 Å². The Kier molecular flexibility index (Phi) is 3.71. The molecule has 0 saturated heterocycles. The Morgan fingerprint density at radius 2 is 2.29 bits per heavy atom. The molecule has 0 saturated carbocycles. The van der Waals surface area contributed by atoms with Crippen molar-refractivity contribution in [2.45, 2.75) is 10.6 Å². The number of nitrogens with zero attached hydrogens (tertiary/aromatic N) is 3. The molecule has 1 aromatic carbocycles. The molecule has 1 N–H and O–H groups in total. The van der Waals surface area contributed by atoms with Gasteiger partial charge in [-0.1, -0.05) is 11.2 Å². The van der Waals surface area contributed by atoms with Crippen LogP contribution in [0.2, 0.25) is 0 Å². The highest BCUT2D eigenvalue weighted by Gasteiger charge is 2.11. The van der Waals surface area contributed by atoms with Gasteiger partial charge < -0.3 is 9.51 Å². The molecule has 0 aliphatic heterocycles. The zero-order chi connectivity index (χ0) is 14.7. The maximum atomic E-state index is 13.1. The summed E-state index contributed by atoms with van der Waals surface area (Å²) in [6.07, 6.45) is 1.57. The van der Waals surface area contributed by atoms with E-state index in [0.29, 0.717) is 28.7 Å². The van der Waals surface area contributed by atoms with Crippen LogP contribution in [-0.2, 0) is 5.75 Å². The summed E-state index contributed by atoms with van der Waals surface area (Å²) in [6, 6.07) is 9.98. The normalized spacial score (nSPS) is 10.5. The van der Waals surface area contributed by atoms with Gasteiger partial charge in [0.15, 0.2) is 5.82 Å². The largest absolute Gasteiger partial charge is 0.356 e. The van der Waals surface area contributed by atoms with Crippen molar-refractivity contribution in [3.8, 4) is 17.7 Å². The van der Waals surface area contributed by atoms with Gasteiger partial charge in [-0.2, -0.15) is 10.2 Å². The fourth-order valence-electron chi connectivity index (χ4n) is 1.71. The van der Waals surface area contributed by atoms with E-state index in [0.717, 1.165) is 4.90 Å². The maximum Gasteiger partial charge on any atom is 0.274 e. The van der Waals surface area contributed by atoms with Crippen molar-refractivity contribution in [2.24, 2.45) is 0 Å². The van der Waals surface area contributed by atoms with E-state index in [1.807, 2.05) is 12.1 Å². The minimum absolute atomic E-state index is 0.274. The zero-order valence-corrected chi connectivity index (χ0v) is 11.5. The number of benzene rings is 1. The lowest BCUT2D eigenvalue weighted by Gasteiger charge is -1.97. The van der Waals surface area contributed by atoms with Crippen LogP contribution in [0.5, 0.6) is 0 Å². The standard InChI is InChI=1S/C14H9FN4OS/c15-10-2-1-3-11(5-10)21-8-13-18-14(20-19-13)12-4-9(6-16)7-17-12/h1-5,7,17H,8H2. The summed E-state index contributed by atoms with van der Waals surface area (Å²) in [5.74, 6) is 1.03. The van der Waals surface area contributed by atoms with Crippen LogP contribution in [0.3, 0.4) is 0 Å². The van der Waals surface area contributed by atoms with Crippen molar-refractivity contribution in [3.05, 3.63) is 53.7 Å².